The molecule has 4 heteroatoms. The first-order chi connectivity index (χ1) is 7.81. The predicted octanol–water partition coefficient (Wildman–Crippen LogP) is 3.19. The molecule has 0 spiro atoms. The molecule has 0 aliphatic heterocycles. The summed E-state index contributed by atoms with van der Waals surface area (Å²) in [6, 6.07) is 0. The van der Waals surface area contributed by atoms with Crippen molar-refractivity contribution in [1.82, 2.24) is 5.32 Å². The van der Waals surface area contributed by atoms with E-state index in [0.717, 1.165) is 24.7 Å². The van der Waals surface area contributed by atoms with Crippen LogP contribution in [-0.4, -0.2) is 12.5 Å². The molecule has 0 atom stereocenters. The molecule has 0 bridgehead atoms. The minimum atomic E-state index is -0.115. The van der Waals surface area contributed by atoms with Crippen molar-refractivity contribution in [3.63, 3.8) is 0 Å². The number of thiocyanates is 1. The van der Waals surface area contributed by atoms with Crippen molar-refractivity contribution in [3.8, 4) is 5.40 Å². The second kappa shape index (κ2) is 12.1. The molecule has 0 aromatic rings. The third-order valence-corrected chi connectivity index (χ3v) is 2.55. The van der Waals surface area contributed by atoms with E-state index in [2.05, 4.69) is 12.2 Å². The van der Waals surface area contributed by atoms with Crippen LogP contribution >= 0.6 is 11.8 Å². The van der Waals surface area contributed by atoms with Crippen molar-refractivity contribution in [3.05, 3.63) is 11.5 Å². The topological polar surface area (TPSA) is 52.9 Å². The summed E-state index contributed by atoms with van der Waals surface area (Å²) in [5.74, 6) is -0.115. The Morgan fingerprint density at radius 1 is 1.31 bits per heavy atom. The zero-order valence-electron chi connectivity index (χ0n) is 9.87. The predicted molar refractivity (Wildman–Crippen MR) is 68.7 cm³/mol. The number of hydrogen-bond donors (Lipinski definition) is 1. The maximum absolute atomic E-state index is 11.1. The SMILES string of the molecule is CCCCCCCCNC(=O)/C=C/SC#N. The monoisotopic (exact) mass is 240 g/mol. The van der Waals surface area contributed by atoms with E-state index in [1.807, 2.05) is 5.40 Å². The highest BCUT2D eigenvalue weighted by atomic mass is 32.2. The molecule has 1 N–H and O–H groups in total. The summed E-state index contributed by atoms with van der Waals surface area (Å²) in [4.78, 5) is 11.1. The number of rotatable bonds is 9. The summed E-state index contributed by atoms with van der Waals surface area (Å²) in [6.45, 7) is 2.93. The highest BCUT2D eigenvalue weighted by molar-refractivity contribution is 8.06. The number of nitriles is 1. The van der Waals surface area contributed by atoms with E-state index in [-0.39, 0.29) is 5.91 Å². The lowest BCUT2D eigenvalue weighted by Crippen LogP contribution is -2.21. The third-order valence-electron chi connectivity index (χ3n) is 2.17. The summed E-state index contributed by atoms with van der Waals surface area (Å²) < 4.78 is 0. The van der Waals surface area contributed by atoms with Crippen LogP contribution in [-0.2, 0) is 4.79 Å². The van der Waals surface area contributed by atoms with Crippen molar-refractivity contribution in [2.75, 3.05) is 6.54 Å². The second-order valence-corrected chi connectivity index (χ2v) is 4.26. The van der Waals surface area contributed by atoms with Gasteiger partial charge in [-0.15, -0.1) is 0 Å². The van der Waals surface area contributed by atoms with Gasteiger partial charge in [-0.25, -0.2) is 0 Å². The molecule has 0 saturated heterocycles. The summed E-state index contributed by atoms with van der Waals surface area (Å²) in [7, 11) is 0. The van der Waals surface area contributed by atoms with E-state index >= 15 is 0 Å². The molecule has 0 aliphatic rings. The molecule has 0 aliphatic carbocycles. The number of hydrogen-bond acceptors (Lipinski definition) is 3. The van der Waals surface area contributed by atoms with Crippen LogP contribution in [0.1, 0.15) is 45.4 Å². The molecule has 0 radical (unpaired) electrons. The van der Waals surface area contributed by atoms with Crippen molar-refractivity contribution in [2.24, 2.45) is 0 Å². The van der Waals surface area contributed by atoms with Crippen molar-refractivity contribution < 1.29 is 4.79 Å². The quantitative estimate of drug-likeness (QED) is 0.382. The Morgan fingerprint density at radius 2 is 2.00 bits per heavy atom. The number of carbonyl (C=O) groups is 1. The van der Waals surface area contributed by atoms with Gasteiger partial charge in [-0.2, -0.15) is 5.26 Å². The summed E-state index contributed by atoms with van der Waals surface area (Å²) in [5, 5.41) is 14.4. The molecule has 0 fully saturated rings. The highest BCUT2D eigenvalue weighted by Gasteiger charge is 1.94. The Bertz CT molecular complexity index is 246. The van der Waals surface area contributed by atoms with Gasteiger partial charge in [0.15, 0.2) is 0 Å². The molecule has 1 amide bonds. The number of thioether (sulfide) groups is 1. The van der Waals surface area contributed by atoms with Crippen LogP contribution in [0.25, 0.3) is 0 Å². The fraction of sp³-hybridized carbons (Fsp3) is 0.667. The first kappa shape index (κ1) is 15.0. The van der Waals surface area contributed by atoms with Crippen molar-refractivity contribution >= 4 is 17.7 Å². The van der Waals surface area contributed by atoms with Crippen LogP contribution < -0.4 is 5.32 Å². The molecule has 0 heterocycles. The van der Waals surface area contributed by atoms with Crippen molar-refractivity contribution in [2.45, 2.75) is 45.4 Å². The number of nitrogens with zero attached hydrogens (tertiary/aromatic N) is 1. The van der Waals surface area contributed by atoms with E-state index in [4.69, 9.17) is 5.26 Å². The molecule has 0 aromatic carbocycles. The molecular weight excluding hydrogens is 220 g/mol. The van der Waals surface area contributed by atoms with Gasteiger partial charge in [0.25, 0.3) is 0 Å². The summed E-state index contributed by atoms with van der Waals surface area (Å²) >= 11 is 0.953. The van der Waals surface area contributed by atoms with Gasteiger partial charge in [-0.3, -0.25) is 4.79 Å². The van der Waals surface area contributed by atoms with Gasteiger partial charge in [-0.1, -0.05) is 39.0 Å². The Morgan fingerprint density at radius 3 is 2.69 bits per heavy atom. The standard InChI is InChI=1S/C12H20N2OS/c1-2-3-4-5-6-7-9-14-12(15)8-10-16-11-13/h8,10H,2-7,9H2,1H3,(H,14,15)/b10-8+. The Balaban J connectivity index is 3.25. The molecule has 0 aromatic heterocycles. The molecule has 0 saturated carbocycles. The zero-order valence-corrected chi connectivity index (χ0v) is 10.7. The lowest BCUT2D eigenvalue weighted by atomic mass is 10.1. The van der Waals surface area contributed by atoms with Gasteiger partial charge < -0.3 is 5.32 Å². The normalized spacial score (nSPS) is 10.2. The maximum Gasteiger partial charge on any atom is 0.244 e. The van der Waals surface area contributed by atoms with Crippen molar-refractivity contribution in [1.29, 1.82) is 5.26 Å². The lowest BCUT2D eigenvalue weighted by molar-refractivity contribution is -0.116. The van der Waals surface area contributed by atoms with Gasteiger partial charge in [0.05, 0.1) is 0 Å². The average Bonchev–Trinajstić information content (AvgIpc) is 2.28. The Labute approximate surface area is 102 Å². The lowest BCUT2D eigenvalue weighted by Gasteiger charge is -2.01. The van der Waals surface area contributed by atoms with E-state index in [1.165, 1.54) is 43.6 Å². The molecule has 16 heavy (non-hydrogen) atoms. The maximum atomic E-state index is 11.1. The van der Waals surface area contributed by atoms with Gasteiger partial charge in [0.2, 0.25) is 5.91 Å². The smallest absolute Gasteiger partial charge is 0.244 e. The minimum Gasteiger partial charge on any atom is -0.353 e. The fourth-order valence-corrected chi connectivity index (χ4v) is 1.55. The number of nitrogens with one attached hydrogen (secondary N) is 1. The molecule has 0 rings (SSSR count). The molecular formula is C12H20N2OS. The van der Waals surface area contributed by atoms with Crippen LogP contribution in [0.3, 0.4) is 0 Å². The largest absolute Gasteiger partial charge is 0.353 e. The van der Waals surface area contributed by atoms with Crippen LogP contribution in [0.15, 0.2) is 11.5 Å². The van der Waals surface area contributed by atoms with Gasteiger partial charge >= 0.3 is 0 Å². The number of unbranched alkanes of at least 4 members (excludes halogenated alkanes) is 5. The zero-order chi connectivity index (χ0) is 12.1. The van der Waals surface area contributed by atoms with Crippen LogP contribution in [0, 0.1) is 10.7 Å². The fourth-order valence-electron chi connectivity index (χ4n) is 1.30. The van der Waals surface area contributed by atoms with Crippen LogP contribution in [0.4, 0.5) is 0 Å². The van der Waals surface area contributed by atoms with Crippen LogP contribution in [0.2, 0.25) is 0 Å². The van der Waals surface area contributed by atoms with E-state index in [0.29, 0.717) is 0 Å². The Hall–Kier alpha value is -0.950. The highest BCUT2D eigenvalue weighted by Crippen LogP contribution is 2.04. The first-order valence-corrected chi connectivity index (χ1v) is 6.68. The summed E-state index contributed by atoms with van der Waals surface area (Å²) in [6.07, 6.45) is 8.72. The Kier molecular flexibility index (Phi) is 11.4. The summed E-state index contributed by atoms with van der Waals surface area (Å²) in [5.41, 5.74) is 0. The minimum absolute atomic E-state index is 0.115. The number of carbonyl (C=O) groups excluding carboxylic acids is 1. The van der Waals surface area contributed by atoms with E-state index in [1.54, 1.807) is 0 Å². The second-order valence-electron chi connectivity index (χ2n) is 3.57. The average molecular weight is 240 g/mol. The van der Waals surface area contributed by atoms with E-state index in [9.17, 15) is 4.79 Å². The van der Waals surface area contributed by atoms with Gasteiger partial charge in [0.1, 0.15) is 5.40 Å². The molecule has 90 valence electrons. The van der Waals surface area contributed by atoms with Gasteiger partial charge in [0, 0.05) is 12.6 Å². The van der Waals surface area contributed by atoms with E-state index < -0.39 is 0 Å². The van der Waals surface area contributed by atoms with Gasteiger partial charge in [-0.05, 0) is 23.6 Å². The molecule has 0 unspecified atom stereocenters. The molecule has 3 nitrogen and oxygen atoms in total. The number of amides is 1. The first-order valence-electron chi connectivity index (χ1n) is 5.80. The van der Waals surface area contributed by atoms with Crippen LogP contribution in [0.5, 0.6) is 0 Å². The third kappa shape index (κ3) is 11.1.